The van der Waals surface area contributed by atoms with Crippen LogP contribution in [0.4, 0.5) is 0 Å². The summed E-state index contributed by atoms with van der Waals surface area (Å²) in [5.41, 5.74) is -7.81. The predicted octanol–water partition coefficient (Wildman–Crippen LogP) is 0.860. The minimum Gasteiger partial charge on any atom is -0.456 e. The van der Waals surface area contributed by atoms with Gasteiger partial charge in [-0.05, 0) is 51.3 Å². The number of esters is 2. The van der Waals surface area contributed by atoms with Crippen LogP contribution in [0.5, 0.6) is 0 Å². The van der Waals surface area contributed by atoms with Crippen molar-refractivity contribution in [3.63, 3.8) is 0 Å². The van der Waals surface area contributed by atoms with Crippen LogP contribution in [0, 0.1) is 16.7 Å². The molecule has 0 spiro atoms. The normalized spacial score (nSPS) is 45.0. The van der Waals surface area contributed by atoms with Crippen molar-refractivity contribution in [2.75, 3.05) is 6.61 Å². The molecule has 3 aliphatic carbocycles. The van der Waals surface area contributed by atoms with E-state index in [1.807, 2.05) is 0 Å². The van der Waals surface area contributed by atoms with Crippen molar-refractivity contribution in [1.29, 1.82) is 0 Å². The highest BCUT2D eigenvalue weighted by Crippen LogP contribution is 2.73. The summed E-state index contributed by atoms with van der Waals surface area (Å²) in [6.45, 7) is 5.57. The standard InChI is InChI=1S/C27H34O9/c1-14-10-11-25-18(14)27(34,22(32)36-23(25,2)3)24(4)16(29)12-17(26(33,13-28)19(24)20(25)30)35-21(31)15-8-6-5-7-9-15/h5-9,16-17,19-20,28-30,33-34H,10-13H2,1-4H3/t16-,17-,19?,20-,24+,25+,26-,27-/m0/s1. The zero-order chi connectivity index (χ0) is 26.5. The topological polar surface area (TPSA) is 154 Å². The lowest BCUT2D eigenvalue weighted by atomic mass is 9.38. The average molecular weight is 503 g/mol. The molecule has 1 aromatic carbocycles. The molecule has 5 N–H and O–H groups in total. The summed E-state index contributed by atoms with van der Waals surface area (Å²) in [7, 11) is 0. The highest BCUT2D eigenvalue weighted by molar-refractivity contribution is 5.90. The van der Waals surface area contributed by atoms with Crippen LogP contribution in [0.1, 0.15) is 57.3 Å². The maximum atomic E-state index is 13.6. The molecule has 8 atom stereocenters. The minimum atomic E-state index is -2.37. The number of aliphatic hydroxyl groups excluding tert-OH is 3. The van der Waals surface area contributed by atoms with Gasteiger partial charge in [-0.2, -0.15) is 0 Å². The number of rotatable bonds is 3. The van der Waals surface area contributed by atoms with Gasteiger partial charge in [0.15, 0.2) is 5.60 Å². The van der Waals surface area contributed by atoms with Crippen molar-refractivity contribution in [2.24, 2.45) is 16.7 Å². The molecule has 2 saturated carbocycles. The molecule has 5 rings (SSSR count). The van der Waals surface area contributed by atoms with Gasteiger partial charge in [-0.15, -0.1) is 0 Å². The monoisotopic (exact) mass is 502 g/mol. The third-order valence-electron chi connectivity index (χ3n) is 9.83. The van der Waals surface area contributed by atoms with Crippen molar-refractivity contribution >= 4 is 11.9 Å². The number of hydrogen-bond acceptors (Lipinski definition) is 9. The number of allylic oxidation sites excluding steroid dienone is 1. The van der Waals surface area contributed by atoms with Gasteiger partial charge in [0.2, 0.25) is 0 Å². The SMILES string of the molecule is CC1=C2[C@]3(O)C(=O)OC(C)(C)[C@@]2(CC1)[C@@H](O)C1[C@](O)(CO)[C@@H](OC(=O)c2ccccc2)C[C@H](O)[C@]13C. The first-order valence-electron chi connectivity index (χ1n) is 12.4. The Morgan fingerprint density at radius 3 is 2.39 bits per heavy atom. The highest BCUT2D eigenvalue weighted by Gasteiger charge is 2.84. The van der Waals surface area contributed by atoms with Gasteiger partial charge in [-0.1, -0.05) is 30.7 Å². The van der Waals surface area contributed by atoms with Gasteiger partial charge >= 0.3 is 11.9 Å². The van der Waals surface area contributed by atoms with Gasteiger partial charge in [0, 0.05) is 17.8 Å². The first-order chi connectivity index (χ1) is 16.7. The van der Waals surface area contributed by atoms with Crippen molar-refractivity contribution < 1.29 is 44.6 Å². The minimum absolute atomic E-state index is 0.209. The molecule has 9 heteroatoms. The second-order valence-electron chi connectivity index (χ2n) is 11.6. The van der Waals surface area contributed by atoms with E-state index in [4.69, 9.17) is 9.47 Å². The Labute approximate surface area is 209 Å². The van der Waals surface area contributed by atoms with E-state index in [-0.39, 0.29) is 12.0 Å². The Morgan fingerprint density at radius 2 is 1.78 bits per heavy atom. The second-order valence-corrected chi connectivity index (χ2v) is 11.6. The Hall–Kier alpha value is -2.30. The molecule has 1 saturated heterocycles. The van der Waals surface area contributed by atoms with E-state index in [1.54, 1.807) is 39.0 Å². The molecule has 4 aliphatic rings. The Balaban J connectivity index is 1.69. The van der Waals surface area contributed by atoms with Crippen LogP contribution in [0.15, 0.2) is 41.5 Å². The van der Waals surface area contributed by atoms with Crippen molar-refractivity contribution in [2.45, 2.75) is 82.1 Å². The molecule has 0 amide bonds. The number of benzene rings is 1. The van der Waals surface area contributed by atoms with Gasteiger partial charge in [0.1, 0.15) is 17.3 Å². The lowest BCUT2D eigenvalue weighted by Gasteiger charge is -2.71. The number of carbonyl (C=O) groups excluding carboxylic acids is 2. The summed E-state index contributed by atoms with van der Waals surface area (Å²) in [4.78, 5) is 26.4. The molecule has 1 aromatic rings. The van der Waals surface area contributed by atoms with Crippen LogP contribution in [0.25, 0.3) is 0 Å². The summed E-state index contributed by atoms with van der Waals surface area (Å²) in [5, 5.41) is 58.4. The summed E-state index contributed by atoms with van der Waals surface area (Å²) in [6.07, 6.45) is -3.97. The molecule has 1 heterocycles. The molecular weight excluding hydrogens is 468 g/mol. The van der Waals surface area contributed by atoms with E-state index in [1.165, 1.54) is 19.1 Å². The third-order valence-corrected chi connectivity index (χ3v) is 9.83. The van der Waals surface area contributed by atoms with Crippen molar-refractivity contribution in [3.05, 3.63) is 47.0 Å². The number of carbonyl (C=O) groups is 2. The van der Waals surface area contributed by atoms with Gasteiger partial charge < -0.3 is 35.0 Å². The third kappa shape index (κ3) is 2.67. The highest BCUT2D eigenvalue weighted by atomic mass is 16.6. The fraction of sp³-hybridized carbons (Fsp3) is 0.630. The molecule has 36 heavy (non-hydrogen) atoms. The quantitative estimate of drug-likeness (QED) is 0.299. The van der Waals surface area contributed by atoms with Crippen LogP contribution < -0.4 is 0 Å². The summed E-state index contributed by atoms with van der Waals surface area (Å²) in [6, 6.07) is 8.08. The molecule has 9 nitrogen and oxygen atoms in total. The Bertz CT molecular complexity index is 1150. The first kappa shape index (κ1) is 25.4. The number of hydrogen-bond donors (Lipinski definition) is 5. The number of fused-ring (bicyclic) bond motifs is 2. The van der Waals surface area contributed by atoms with Crippen LogP contribution in [-0.2, 0) is 14.3 Å². The van der Waals surface area contributed by atoms with Gasteiger partial charge in [-0.25, -0.2) is 9.59 Å². The van der Waals surface area contributed by atoms with E-state index in [9.17, 15) is 35.1 Å². The molecule has 1 unspecified atom stereocenters. The van der Waals surface area contributed by atoms with Crippen LogP contribution in [0.3, 0.4) is 0 Å². The van der Waals surface area contributed by atoms with E-state index < -0.39 is 70.4 Å². The van der Waals surface area contributed by atoms with Gasteiger partial charge in [0.05, 0.1) is 29.8 Å². The van der Waals surface area contributed by atoms with Crippen LogP contribution in [0.2, 0.25) is 0 Å². The average Bonchev–Trinajstić information content (AvgIpc) is 3.21. The van der Waals surface area contributed by atoms with E-state index in [2.05, 4.69) is 0 Å². The lowest BCUT2D eigenvalue weighted by Crippen LogP contribution is -2.85. The second kappa shape index (κ2) is 7.61. The van der Waals surface area contributed by atoms with Gasteiger partial charge in [-0.3, -0.25) is 0 Å². The zero-order valence-electron chi connectivity index (χ0n) is 20.9. The molecular formula is C27H34O9. The molecule has 1 aliphatic heterocycles. The number of aliphatic hydroxyl groups is 5. The molecule has 2 bridgehead atoms. The Kier molecular flexibility index (Phi) is 5.36. The number of ether oxygens (including phenoxy) is 2. The zero-order valence-corrected chi connectivity index (χ0v) is 20.9. The Morgan fingerprint density at radius 1 is 1.14 bits per heavy atom. The van der Waals surface area contributed by atoms with Crippen LogP contribution in [-0.4, -0.2) is 79.2 Å². The van der Waals surface area contributed by atoms with Gasteiger partial charge in [0.25, 0.3) is 0 Å². The smallest absolute Gasteiger partial charge is 0.343 e. The fourth-order valence-corrected chi connectivity index (χ4v) is 7.94. The molecule has 3 fully saturated rings. The van der Waals surface area contributed by atoms with E-state index in [0.29, 0.717) is 18.4 Å². The van der Waals surface area contributed by atoms with E-state index in [0.717, 1.165) is 5.57 Å². The van der Waals surface area contributed by atoms with Crippen molar-refractivity contribution in [1.82, 2.24) is 0 Å². The lowest BCUT2D eigenvalue weighted by molar-refractivity contribution is -0.340. The molecule has 0 aromatic heterocycles. The molecule has 196 valence electrons. The maximum absolute atomic E-state index is 13.6. The van der Waals surface area contributed by atoms with Crippen molar-refractivity contribution in [3.8, 4) is 0 Å². The predicted molar refractivity (Wildman–Crippen MR) is 125 cm³/mol. The first-order valence-corrected chi connectivity index (χ1v) is 12.4. The van der Waals surface area contributed by atoms with E-state index >= 15 is 0 Å². The summed E-state index contributed by atoms with van der Waals surface area (Å²) in [5.74, 6) is -3.19. The number of cyclic esters (lactones) is 1. The maximum Gasteiger partial charge on any atom is 0.343 e. The summed E-state index contributed by atoms with van der Waals surface area (Å²) < 4.78 is 11.4. The largest absolute Gasteiger partial charge is 0.456 e. The van der Waals surface area contributed by atoms with Crippen LogP contribution >= 0.6 is 0 Å². The molecule has 0 radical (unpaired) electrons. The summed E-state index contributed by atoms with van der Waals surface area (Å²) >= 11 is 0. The fourth-order valence-electron chi connectivity index (χ4n) is 7.94.